The number of nitrogens with zero attached hydrogens (tertiary/aromatic N) is 1. The van der Waals surface area contributed by atoms with E-state index in [9.17, 15) is 14.4 Å². The molecule has 19 heavy (non-hydrogen) atoms. The number of aromatic amines is 1. The summed E-state index contributed by atoms with van der Waals surface area (Å²) in [6.07, 6.45) is 1.41. The lowest BCUT2D eigenvalue weighted by atomic mass is 10.2. The van der Waals surface area contributed by atoms with E-state index in [0.29, 0.717) is 11.1 Å². The predicted molar refractivity (Wildman–Crippen MR) is 70.0 cm³/mol. The van der Waals surface area contributed by atoms with Crippen LogP contribution in [0.3, 0.4) is 0 Å². The minimum atomic E-state index is -0.552. The van der Waals surface area contributed by atoms with Gasteiger partial charge in [-0.3, -0.25) is 19.1 Å². The first-order chi connectivity index (χ1) is 9.08. The van der Waals surface area contributed by atoms with Gasteiger partial charge in [0.1, 0.15) is 0 Å². The minimum absolute atomic E-state index is 0.00415. The summed E-state index contributed by atoms with van der Waals surface area (Å²) in [6.45, 7) is 1.60. The molecule has 2 N–H and O–H groups in total. The fraction of sp³-hybridized carbons (Fsp3) is 0.154. The summed E-state index contributed by atoms with van der Waals surface area (Å²) in [7, 11) is 0. The monoisotopic (exact) mass is 259 g/mol. The van der Waals surface area contributed by atoms with E-state index in [1.165, 1.54) is 10.8 Å². The van der Waals surface area contributed by atoms with E-state index < -0.39 is 11.2 Å². The molecule has 6 heteroatoms. The number of hydrogen-bond donors (Lipinski definition) is 2. The Labute approximate surface area is 108 Å². The molecule has 1 amide bonds. The van der Waals surface area contributed by atoms with Gasteiger partial charge in [-0.1, -0.05) is 18.2 Å². The third-order valence-electron chi connectivity index (χ3n) is 2.63. The topological polar surface area (TPSA) is 84.0 Å². The first kappa shape index (κ1) is 12.8. The summed E-state index contributed by atoms with van der Waals surface area (Å²) in [4.78, 5) is 36.6. The van der Waals surface area contributed by atoms with Crippen molar-refractivity contribution in [1.29, 1.82) is 0 Å². The van der Waals surface area contributed by atoms with E-state index in [0.717, 1.165) is 0 Å². The van der Waals surface area contributed by atoms with Crippen LogP contribution in [0.2, 0.25) is 0 Å². The molecule has 1 aromatic carbocycles. The molecule has 0 aliphatic rings. The van der Waals surface area contributed by atoms with Gasteiger partial charge in [0.15, 0.2) is 0 Å². The number of nitrogens with one attached hydrogen (secondary N) is 2. The van der Waals surface area contributed by atoms with Gasteiger partial charge >= 0.3 is 5.69 Å². The molecule has 2 rings (SSSR count). The number of aromatic nitrogens is 2. The molecule has 0 saturated carbocycles. The molecule has 1 heterocycles. The smallest absolute Gasteiger partial charge is 0.329 e. The highest BCUT2D eigenvalue weighted by Gasteiger charge is 2.05. The normalized spacial score (nSPS) is 10.2. The molecule has 0 saturated heterocycles. The fourth-order valence-electron chi connectivity index (χ4n) is 1.58. The summed E-state index contributed by atoms with van der Waals surface area (Å²) in [5.41, 5.74) is -0.0511. The van der Waals surface area contributed by atoms with Crippen molar-refractivity contribution in [2.24, 2.45) is 0 Å². The highest BCUT2D eigenvalue weighted by molar-refractivity contribution is 5.93. The highest BCUT2D eigenvalue weighted by Crippen LogP contribution is 1.97. The fourth-order valence-corrected chi connectivity index (χ4v) is 1.58. The number of hydrogen-bond acceptors (Lipinski definition) is 3. The van der Waals surface area contributed by atoms with Crippen molar-refractivity contribution in [2.75, 3.05) is 0 Å². The molecule has 0 aliphatic carbocycles. The first-order valence-electron chi connectivity index (χ1n) is 5.71. The van der Waals surface area contributed by atoms with Crippen LogP contribution in [0.1, 0.15) is 15.9 Å². The average Bonchev–Trinajstić information content (AvgIpc) is 2.42. The van der Waals surface area contributed by atoms with Gasteiger partial charge in [-0.15, -0.1) is 0 Å². The van der Waals surface area contributed by atoms with Gasteiger partial charge in [0, 0.05) is 17.3 Å². The summed E-state index contributed by atoms with van der Waals surface area (Å²) >= 11 is 0. The number of aryl methyl sites for hydroxylation is 1. The number of carbonyl (C=O) groups excluding carboxylic acids is 1. The lowest BCUT2D eigenvalue weighted by molar-refractivity contribution is 0.0941. The molecular formula is C13H13N3O3. The molecule has 0 fully saturated rings. The van der Waals surface area contributed by atoms with Crippen molar-refractivity contribution >= 4 is 5.91 Å². The first-order valence-corrected chi connectivity index (χ1v) is 5.71. The van der Waals surface area contributed by atoms with E-state index >= 15 is 0 Å². The second-order valence-electron chi connectivity index (χ2n) is 4.07. The molecule has 0 bridgehead atoms. The molecule has 0 unspecified atom stereocenters. The van der Waals surface area contributed by atoms with Crippen molar-refractivity contribution in [3.63, 3.8) is 0 Å². The van der Waals surface area contributed by atoms with Gasteiger partial charge in [0.05, 0.1) is 6.67 Å². The van der Waals surface area contributed by atoms with E-state index in [1.807, 2.05) is 6.07 Å². The van der Waals surface area contributed by atoms with Gasteiger partial charge in [0.2, 0.25) is 0 Å². The van der Waals surface area contributed by atoms with Crippen molar-refractivity contribution in [2.45, 2.75) is 13.6 Å². The van der Waals surface area contributed by atoms with Crippen LogP contribution in [-0.2, 0) is 6.67 Å². The Morgan fingerprint density at radius 1 is 1.26 bits per heavy atom. The Morgan fingerprint density at radius 2 is 1.95 bits per heavy atom. The van der Waals surface area contributed by atoms with Crippen LogP contribution in [0.4, 0.5) is 0 Å². The maximum atomic E-state index is 11.8. The third-order valence-corrected chi connectivity index (χ3v) is 2.63. The predicted octanol–water partition coefficient (Wildman–Crippen LogP) is 0.233. The number of benzene rings is 1. The maximum absolute atomic E-state index is 11.8. The van der Waals surface area contributed by atoms with Crippen LogP contribution in [0.15, 0.2) is 46.1 Å². The molecule has 1 aromatic heterocycles. The molecule has 0 spiro atoms. The zero-order valence-electron chi connectivity index (χ0n) is 10.3. The van der Waals surface area contributed by atoms with Crippen molar-refractivity contribution in [3.8, 4) is 0 Å². The van der Waals surface area contributed by atoms with Crippen LogP contribution in [-0.4, -0.2) is 15.5 Å². The van der Waals surface area contributed by atoms with Gasteiger partial charge in [-0.05, 0) is 19.1 Å². The van der Waals surface area contributed by atoms with Gasteiger partial charge in [0.25, 0.3) is 11.5 Å². The van der Waals surface area contributed by atoms with Crippen LogP contribution in [0.5, 0.6) is 0 Å². The molecular weight excluding hydrogens is 246 g/mol. The quantitative estimate of drug-likeness (QED) is 0.827. The Morgan fingerprint density at radius 3 is 2.63 bits per heavy atom. The molecule has 0 aliphatic heterocycles. The lowest BCUT2D eigenvalue weighted by Crippen LogP contribution is -2.36. The number of H-pyrrole nitrogens is 1. The van der Waals surface area contributed by atoms with E-state index in [-0.39, 0.29) is 12.6 Å². The molecule has 98 valence electrons. The van der Waals surface area contributed by atoms with Crippen molar-refractivity contribution in [1.82, 2.24) is 14.9 Å². The second-order valence-corrected chi connectivity index (χ2v) is 4.07. The number of carbonyl (C=O) groups is 1. The Hall–Kier alpha value is -2.63. The van der Waals surface area contributed by atoms with Crippen LogP contribution in [0, 0.1) is 6.92 Å². The Balaban J connectivity index is 2.12. The second kappa shape index (κ2) is 5.34. The maximum Gasteiger partial charge on any atom is 0.329 e. The van der Waals surface area contributed by atoms with Gasteiger partial charge < -0.3 is 5.32 Å². The van der Waals surface area contributed by atoms with Gasteiger partial charge in [-0.2, -0.15) is 0 Å². The third kappa shape index (κ3) is 2.98. The minimum Gasteiger partial charge on any atom is -0.334 e. The van der Waals surface area contributed by atoms with Crippen molar-refractivity contribution in [3.05, 3.63) is 68.5 Å². The van der Waals surface area contributed by atoms with Crippen LogP contribution < -0.4 is 16.6 Å². The summed E-state index contributed by atoms with van der Waals surface area (Å²) in [5.74, 6) is -0.281. The van der Waals surface area contributed by atoms with Crippen LogP contribution in [0.25, 0.3) is 0 Å². The highest BCUT2D eigenvalue weighted by atomic mass is 16.2. The summed E-state index contributed by atoms with van der Waals surface area (Å²) in [6, 6.07) is 8.68. The SMILES string of the molecule is Cc1cn(CNC(=O)c2ccccc2)c(=O)[nH]c1=O. The van der Waals surface area contributed by atoms with E-state index in [4.69, 9.17) is 0 Å². The zero-order valence-corrected chi connectivity index (χ0v) is 10.3. The number of rotatable bonds is 3. The van der Waals surface area contributed by atoms with E-state index in [1.54, 1.807) is 31.2 Å². The molecule has 2 aromatic rings. The lowest BCUT2D eigenvalue weighted by Gasteiger charge is -2.08. The van der Waals surface area contributed by atoms with Gasteiger partial charge in [-0.25, -0.2) is 4.79 Å². The molecule has 0 radical (unpaired) electrons. The van der Waals surface area contributed by atoms with E-state index in [2.05, 4.69) is 10.3 Å². The number of amides is 1. The molecule has 6 nitrogen and oxygen atoms in total. The largest absolute Gasteiger partial charge is 0.334 e. The molecule has 0 atom stereocenters. The summed E-state index contributed by atoms with van der Waals surface area (Å²) < 4.78 is 1.23. The van der Waals surface area contributed by atoms with Crippen molar-refractivity contribution < 1.29 is 4.79 Å². The summed E-state index contributed by atoms with van der Waals surface area (Å²) in [5, 5.41) is 2.60. The standard InChI is InChI=1S/C13H13N3O3/c1-9-7-16(13(19)15-11(9)17)8-14-12(18)10-5-3-2-4-6-10/h2-7H,8H2,1H3,(H,14,18)(H,15,17,19). The Bertz CT molecular complexity index is 701. The van der Waals surface area contributed by atoms with Crippen LogP contribution >= 0.6 is 0 Å². The average molecular weight is 259 g/mol. The Kier molecular flexibility index (Phi) is 3.61. The zero-order chi connectivity index (χ0) is 13.8.